The molecule has 0 atom stereocenters. The van der Waals surface area contributed by atoms with E-state index in [-0.39, 0.29) is 0 Å². The van der Waals surface area contributed by atoms with Crippen LogP contribution in [0.1, 0.15) is 4.88 Å². The molecule has 74 valence electrons. The van der Waals surface area contributed by atoms with Gasteiger partial charge in [-0.3, -0.25) is 0 Å². The standard InChI is InChI=1S/C8H9BrN4S/c1-10-3-7-4-11-8(14-7)13-5-6(9)2-12-13/h2,4-5,10H,3H2,1H3. The summed E-state index contributed by atoms with van der Waals surface area (Å²) in [5.74, 6) is 0. The Morgan fingerprint density at radius 2 is 2.43 bits per heavy atom. The Kier molecular flexibility index (Phi) is 2.95. The van der Waals surface area contributed by atoms with Gasteiger partial charge in [0.25, 0.3) is 0 Å². The predicted molar refractivity (Wildman–Crippen MR) is 59.7 cm³/mol. The average Bonchev–Trinajstić information content (AvgIpc) is 2.74. The number of hydrogen-bond donors (Lipinski definition) is 1. The fourth-order valence-electron chi connectivity index (χ4n) is 1.06. The third-order valence-electron chi connectivity index (χ3n) is 1.64. The van der Waals surface area contributed by atoms with E-state index >= 15 is 0 Å². The van der Waals surface area contributed by atoms with Crippen LogP contribution in [0.5, 0.6) is 0 Å². The quantitative estimate of drug-likeness (QED) is 0.927. The van der Waals surface area contributed by atoms with Crippen LogP contribution in [0, 0.1) is 0 Å². The van der Waals surface area contributed by atoms with E-state index in [0.29, 0.717) is 0 Å². The lowest BCUT2D eigenvalue weighted by Crippen LogP contribution is -2.02. The Labute approximate surface area is 94.1 Å². The van der Waals surface area contributed by atoms with E-state index in [1.165, 1.54) is 4.88 Å². The molecule has 0 radical (unpaired) electrons. The second kappa shape index (κ2) is 4.20. The fraction of sp³-hybridized carbons (Fsp3) is 0.250. The molecule has 0 saturated heterocycles. The summed E-state index contributed by atoms with van der Waals surface area (Å²) in [5, 5.41) is 8.13. The highest BCUT2D eigenvalue weighted by Gasteiger charge is 2.04. The number of rotatable bonds is 3. The number of nitrogens with zero attached hydrogens (tertiary/aromatic N) is 3. The van der Waals surface area contributed by atoms with Gasteiger partial charge >= 0.3 is 0 Å². The van der Waals surface area contributed by atoms with Crippen molar-refractivity contribution in [2.24, 2.45) is 0 Å². The van der Waals surface area contributed by atoms with Gasteiger partial charge in [-0.15, -0.1) is 0 Å². The molecule has 0 aliphatic rings. The first kappa shape index (κ1) is 9.82. The third-order valence-corrected chi connectivity index (χ3v) is 3.04. The van der Waals surface area contributed by atoms with Crippen molar-refractivity contribution in [2.45, 2.75) is 6.54 Å². The highest BCUT2D eigenvalue weighted by Crippen LogP contribution is 2.18. The summed E-state index contributed by atoms with van der Waals surface area (Å²) in [6.07, 6.45) is 5.51. The summed E-state index contributed by atoms with van der Waals surface area (Å²) in [6.45, 7) is 0.847. The van der Waals surface area contributed by atoms with Crippen molar-refractivity contribution >= 4 is 27.3 Å². The highest BCUT2D eigenvalue weighted by atomic mass is 79.9. The maximum atomic E-state index is 4.28. The van der Waals surface area contributed by atoms with Crippen LogP contribution in [0.3, 0.4) is 0 Å². The van der Waals surface area contributed by atoms with E-state index in [0.717, 1.165) is 16.1 Å². The molecule has 2 aromatic rings. The molecular formula is C8H9BrN4S. The van der Waals surface area contributed by atoms with Crippen molar-refractivity contribution < 1.29 is 0 Å². The smallest absolute Gasteiger partial charge is 0.210 e. The number of aromatic nitrogens is 3. The third kappa shape index (κ3) is 2.02. The predicted octanol–water partition coefficient (Wildman–Crippen LogP) is 1.81. The summed E-state index contributed by atoms with van der Waals surface area (Å²) < 4.78 is 2.72. The second-order valence-corrected chi connectivity index (χ2v) is 4.75. The monoisotopic (exact) mass is 272 g/mol. The van der Waals surface area contributed by atoms with Gasteiger partial charge in [0, 0.05) is 23.8 Å². The van der Waals surface area contributed by atoms with Crippen molar-refractivity contribution in [3.05, 3.63) is 27.9 Å². The fourth-order valence-corrected chi connectivity index (χ4v) is 2.21. The van der Waals surface area contributed by atoms with Crippen molar-refractivity contribution in [2.75, 3.05) is 7.05 Å². The molecule has 0 aliphatic heterocycles. The maximum Gasteiger partial charge on any atom is 0.210 e. The van der Waals surface area contributed by atoms with Gasteiger partial charge in [0.2, 0.25) is 5.13 Å². The van der Waals surface area contributed by atoms with Crippen LogP contribution in [-0.2, 0) is 6.54 Å². The first-order valence-corrected chi connectivity index (χ1v) is 5.70. The van der Waals surface area contributed by atoms with Gasteiger partial charge in [-0.1, -0.05) is 11.3 Å². The van der Waals surface area contributed by atoms with Gasteiger partial charge in [0.15, 0.2) is 0 Å². The number of hydrogen-bond acceptors (Lipinski definition) is 4. The number of halogens is 1. The van der Waals surface area contributed by atoms with Crippen molar-refractivity contribution in [3.63, 3.8) is 0 Å². The van der Waals surface area contributed by atoms with Crippen LogP contribution in [0.2, 0.25) is 0 Å². The topological polar surface area (TPSA) is 42.7 Å². The molecule has 0 saturated carbocycles. The molecule has 2 heterocycles. The molecule has 0 amide bonds. The second-order valence-electron chi connectivity index (χ2n) is 2.74. The largest absolute Gasteiger partial charge is 0.315 e. The van der Waals surface area contributed by atoms with Crippen LogP contribution < -0.4 is 5.32 Å². The van der Waals surface area contributed by atoms with E-state index in [2.05, 4.69) is 31.3 Å². The lowest BCUT2D eigenvalue weighted by molar-refractivity contribution is 0.828. The highest BCUT2D eigenvalue weighted by molar-refractivity contribution is 9.10. The van der Waals surface area contributed by atoms with Crippen molar-refractivity contribution in [1.82, 2.24) is 20.1 Å². The minimum Gasteiger partial charge on any atom is -0.315 e. The van der Waals surface area contributed by atoms with Gasteiger partial charge in [-0.25, -0.2) is 9.67 Å². The average molecular weight is 273 g/mol. The summed E-state index contributed by atoms with van der Waals surface area (Å²) in [7, 11) is 1.92. The van der Waals surface area contributed by atoms with Crippen LogP contribution in [0.25, 0.3) is 5.13 Å². The van der Waals surface area contributed by atoms with E-state index in [1.54, 1.807) is 22.2 Å². The minimum atomic E-state index is 0.847. The van der Waals surface area contributed by atoms with Crippen LogP contribution in [0.15, 0.2) is 23.1 Å². The molecule has 0 unspecified atom stereocenters. The summed E-state index contributed by atoms with van der Waals surface area (Å²) in [4.78, 5) is 5.48. The molecule has 0 bridgehead atoms. The minimum absolute atomic E-state index is 0.847. The molecule has 1 N–H and O–H groups in total. The Bertz CT molecular complexity index is 422. The van der Waals surface area contributed by atoms with Gasteiger partial charge in [0.1, 0.15) is 0 Å². The zero-order valence-corrected chi connectivity index (χ0v) is 9.97. The Balaban J connectivity index is 2.24. The Morgan fingerprint density at radius 3 is 3.07 bits per heavy atom. The molecule has 2 aromatic heterocycles. The number of thiazole rings is 1. The molecule has 2 rings (SSSR count). The van der Waals surface area contributed by atoms with E-state index in [1.807, 2.05) is 19.4 Å². The van der Waals surface area contributed by atoms with Crippen molar-refractivity contribution in [1.29, 1.82) is 0 Å². The Hall–Kier alpha value is -0.720. The van der Waals surface area contributed by atoms with E-state index in [4.69, 9.17) is 0 Å². The first-order valence-electron chi connectivity index (χ1n) is 4.09. The molecule has 14 heavy (non-hydrogen) atoms. The van der Waals surface area contributed by atoms with Crippen LogP contribution in [-0.4, -0.2) is 21.8 Å². The molecule has 0 aromatic carbocycles. The van der Waals surface area contributed by atoms with Crippen LogP contribution >= 0.6 is 27.3 Å². The lowest BCUT2D eigenvalue weighted by atomic mass is 10.5. The van der Waals surface area contributed by atoms with Gasteiger partial charge < -0.3 is 5.32 Å². The van der Waals surface area contributed by atoms with Crippen molar-refractivity contribution in [3.8, 4) is 5.13 Å². The summed E-state index contributed by atoms with van der Waals surface area (Å²) in [5.41, 5.74) is 0. The molecule has 0 spiro atoms. The summed E-state index contributed by atoms with van der Waals surface area (Å²) >= 11 is 4.98. The normalized spacial score (nSPS) is 10.7. The SMILES string of the molecule is CNCc1cnc(-n2cc(Br)cn2)s1. The molecule has 6 heteroatoms. The zero-order valence-electron chi connectivity index (χ0n) is 7.57. The molecular weight excluding hydrogens is 264 g/mol. The van der Waals surface area contributed by atoms with Gasteiger partial charge in [-0.2, -0.15) is 5.10 Å². The first-order chi connectivity index (χ1) is 6.79. The molecule has 4 nitrogen and oxygen atoms in total. The maximum absolute atomic E-state index is 4.28. The lowest BCUT2D eigenvalue weighted by Gasteiger charge is -1.92. The molecule has 0 fully saturated rings. The summed E-state index contributed by atoms with van der Waals surface area (Å²) in [6, 6.07) is 0. The van der Waals surface area contributed by atoms with Gasteiger partial charge in [-0.05, 0) is 23.0 Å². The van der Waals surface area contributed by atoms with Crippen LogP contribution in [0.4, 0.5) is 0 Å². The zero-order chi connectivity index (χ0) is 9.97. The van der Waals surface area contributed by atoms with Gasteiger partial charge in [0.05, 0.1) is 10.7 Å². The molecule has 0 aliphatic carbocycles. The number of nitrogens with one attached hydrogen (secondary N) is 1. The van der Waals surface area contributed by atoms with E-state index in [9.17, 15) is 0 Å². The van der Waals surface area contributed by atoms with E-state index < -0.39 is 0 Å². The Morgan fingerprint density at radius 1 is 1.57 bits per heavy atom.